The van der Waals surface area contributed by atoms with Gasteiger partial charge in [-0.2, -0.15) is 0 Å². The highest BCUT2D eigenvalue weighted by atomic mass is 35.5. The molecule has 0 spiro atoms. The number of nitrogen functional groups attached to an aromatic ring is 1. The lowest BCUT2D eigenvalue weighted by molar-refractivity contribution is 0.0948. The quantitative estimate of drug-likeness (QED) is 0.551. The van der Waals surface area contributed by atoms with Crippen molar-refractivity contribution in [2.24, 2.45) is 0 Å². The minimum Gasteiger partial charge on any atom is -0.496 e. The largest absolute Gasteiger partial charge is 0.496 e. The molecule has 3 N–H and O–H groups in total. The SMILES string of the molecule is COc1cc(N)c(Cl)cc1C(=O)NCCCN1CCCCCC1.Cl.Cl. The molecule has 2 rings (SSSR count). The van der Waals surface area contributed by atoms with Crippen LogP contribution in [0.3, 0.4) is 0 Å². The molecule has 144 valence electrons. The molecule has 25 heavy (non-hydrogen) atoms. The predicted molar refractivity (Wildman–Crippen MR) is 109 cm³/mol. The number of nitrogens with zero attached hydrogens (tertiary/aromatic N) is 1. The van der Waals surface area contributed by atoms with E-state index in [1.54, 1.807) is 12.1 Å². The highest BCUT2D eigenvalue weighted by Gasteiger charge is 2.15. The van der Waals surface area contributed by atoms with E-state index in [0.29, 0.717) is 28.6 Å². The van der Waals surface area contributed by atoms with Gasteiger partial charge in [-0.15, -0.1) is 24.8 Å². The fourth-order valence-electron chi connectivity index (χ4n) is 2.88. The number of nitrogens with two attached hydrogens (primary N) is 1. The van der Waals surface area contributed by atoms with E-state index in [9.17, 15) is 4.79 Å². The molecule has 1 amide bonds. The fourth-order valence-corrected chi connectivity index (χ4v) is 3.04. The molecule has 1 fully saturated rings. The van der Waals surface area contributed by atoms with E-state index in [1.807, 2.05) is 0 Å². The molecule has 5 nitrogen and oxygen atoms in total. The number of halogens is 3. The molecule has 0 atom stereocenters. The zero-order valence-corrected chi connectivity index (χ0v) is 16.9. The molecule has 1 aromatic rings. The standard InChI is InChI=1S/C17H26ClN3O2.2ClH/c1-23-16-12-15(19)14(18)11-13(16)17(22)20-7-6-10-21-8-4-2-3-5-9-21;;/h11-12H,2-10,19H2,1H3,(H,20,22);2*1H. The number of benzene rings is 1. The lowest BCUT2D eigenvalue weighted by atomic mass is 10.1. The summed E-state index contributed by atoms with van der Waals surface area (Å²) in [5, 5.41) is 3.29. The van der Waals surface area contributed by atoms with Crippen molar-refractivity contribution in [3.63, 3.8) is 0 Å². The second-order valence-corrected chi connectivity index (χ2v) is 6.35. The minimum absolute atomic E-state index is 0. The number of hydrogen-bond donors (Lipinski definition) is 2. The third-order valence-electron chi connectivity index (χ3n) is 4.20. The highest BCUT2D eigenvalue weighted by molar-refractivity contribution is 6.33. The fraction of sp³-hybridized carbons (Fsp3) is 0.588. The Morgan fingerprint density at radius 3 is 2.48 bits per heavy atom. The Kier molecular flexibility index (Phi) is 12.0. The second kappa shape index (κ2) is 12.5. The number of likely N-dealkylation sites (tertiary alicyclic amines) is 1. The first-order valence-electron chi connectivity index (χ1n) is 8.25. The molecule has 1 heterocycles. The van der Waals surface area contributed by atoms with Crippen molar-refractivity contribution in [1.29, 1.82) is 0 Å². The summed E-state index contributed by atoms with van der Waals surface area (Å²) in [6.45, 7) is 4.02. The van der Waals surface area contributed by atoms with Crippen LogP contribution in [0.5, 0.6) is 5.75 Å². The normalized spacial score (nSPS) is 14.6. The van der Waals surface area contributed by atoms with Crippen LogP contribution in [-0.2, 0) is 0 Å². The summed E-state index contributed by atoms with van der Waals surface area (Å²) in [5.41, 5.74) is 6.56. The minimum atomic E-state index is -0.181. The van der Waals surface area contributed by atoms with E-state index in [1.165, 1.54) is 45.9 Å². The molecule has 1 saturated heterocycles. The van der Waals surface area contributed by atoms with Crippen molar-refractivity contribution in [2.45, 2.75) is 32.1 Å². The molecular formula is C17H28Cl3N3O2. The summed E-state index contributed by atoms with van der Waals surface area (Å²) in [6, 6.07) is 3.13. The molecule has 0 radical (unpaired) electrons. The maximum absolute atomic E-state index is 12.3. The summed E-state index contributed by atoms with van der Waals surface area (Å²) < 4.78 is 5.21. The van der Waals surface area contributed by atoms with Crippen LogP contribution in [0.15, 0.2) is 12.1 Å². The van der Waals surface area contributed by atoms with Gasteiger partial charge in [-0.1, -0.05) is 24.4 Å². The van der Waals surface area contributed by atoms with Gasteiger partial charge in [0.1, 0.15) is 5.75 Å². The second-order valence-electron chi connectivity index (χ2n) is 5.94. The first-order chi connectivity index (χ1) is 11.1. The van der Waals surface area contributed by atoms with Crippen LogP contribution in [0.1, 0.15) is 42.5 Å². The number of carbonyl (C=O) groups excluding carboxylic acids is 1. The number of anilines is 1. The van der Waals surface area contributed by atoms with Crippen molar-refractivity contribution in [3.8, 4) is 5.75 Å². The third kappa shape index (κ3) is 7.48. The highest BCUT2D eigenvalue weighted by Crippen LogP contribution is 2.28. The van der Waals surface area contributed by atoms with E-state index in [2.05, 4.69) is 10.2 Å². The van der Waals surface area contributed by atoms with Crippen molar-refractivity contribution in [1.82, 2.24) is 10.2 Å². The van der Waals surface area contributed by atoms with Gasteiger partial charge in [0.25, 0.3) is 5.91 Å². The van der Waals surface area contributed by atoms with Gasteiger partial charge in [0.2, 0.25) is 0 Å². The van der Waals surface area contributed by atoms with Gasteiger partial charge in [-0.05, 0) is 45.0 Å². The monoisotopic (exact) mass is 411 g/mol. The van der Waals surface area contributed by atoms with E-state index in [0.717, 1.165) is 13.0 Å². The van der Waals surface area contributed by atoms with E-state index < -0.39 is 0 Å². The van der Waals surface area contributed by atoms with E-state index in [4.69, 9.17) is 22.1 Å². The molecule has 1 aliphatic heterocycles. The van der Waals surface area contributed by atoms with Crippen LogP contribution < -0.4 is 15.8 Å². The van der Waals surface area contributed by atoms with Crippen LogP contribution in [0.2, 0.25) is 5.02 Å². The molecule has 0 saturated carbocycles. The van der Waals surface area contributed by atoms with Crippen molar-refractivity contribution in [3.05, 3.63) is 22.7 Å². The molecular weight excluding hydrogens is 385 g/mol. The molecule has 0 unspecified atom stereocenters. The van der Waals surface area contributed by atoms with Crippen molar-refractivity contribution < 1.29 is 9.53 Å². The number of ether oxygens (including phenoxy) is 1. The maximum Gasteiger partial charge on any atom is 0.255 e. The van der Waals surface area contributed by atoms with Gasteiger partial charge in [0, 0.05) is 12.6 Å². The first kappa shape index (κ1) is 24.1. The zero-order valence-electron chi connectivity index (χ0n) is 14.6. The number of carbonyl (C=O) groups is 1. The average Bonchev–Trinajstić information content (AvgIpc) is 2.82. The maximum atomic E-state index is 12.3. The number of nitrogens with one attached hydrogen (secondary N) is 1. The van der Waals surface area contributed by atoms with Crippen LogP contribution in [0.4, 0.5) is 5.69 Å². The Bertz CT molecular complexity index is 536. The summed E-state index contributed by atoms with van der Waals surface area (Å²) in [7, 11) is 1.51. The topological polar surface area (TPSA) is 67.6 Å². The van der Waals surface area contributed by atoms with Gasteiger partial charge in [-0.3, -0.25) is 4.79 Å². The zero-order chi connectivity index (χ0) is 16.7. The van der Waals surface area contributed by atoms with Crippen LogP contribution in [0, 0.1) is 0 Å². The molecule has 1 aliphatic rings. The van der Waals surface area contributed by atoms with Crippen molar-refractivity contribution in [2.75, 3.05) is 39.0 Å². The predicted octanol–water partition coefficient (Wildman–Crippen LogP) is 3.77. The van der Waals surface area contributed by atoms with Gasteiger partial charge in [0.05, 0.1) is 23.4 Å². The van der Waals surface area contributed by atoms with Crippen LogP contribution in [0.25, 0.3) is 0 Å². The Balaban J connectivity index is 0.00000288. The number of methoxy groups -OCH3 is 1. The molecule has 1 aromatic carbocycles. The Morgan fingerprint density at radius 1 is 1.24 bits per heavy atom. The molecule has 8 heteroatoms. The number of rotatable bonds is 6. The lowest BCUT2D eigenvalue weighted by Gasteiger charge is -2.19. The smallest absolute Gasteiger partial charge is 0.255 e. The average molecular weight is 413 g/mol. The van der Waals surface area contributed by atoms with Gasteiger partial charge < -0.3 is 20.7 Å². The van der Waals surface area contributed by atoms with Crippen LogP contribution >= 0.6 is 36.4 Å². The summed E-state index contributed by atoms with van der Waals surface area (Å²) in [5.74, 6) is 0.261. The summed E-state index contributed by atoms with van der Waals surface area (Å²) >= 11 is 6.00. The molecule has 0 aromatic heterocycles. The molecule has 0 aliphatic carbocycles. The summed E-state index contributed by atoms with van der Waals surface area (Å²) in [6.07, 6.45) is 6.19. The Hall–Kier alpha value is -0.880. The summed E-state index contributed by atoms with van der Waals surface area (Å²) in [4.78, 5) is 14.8. The van der Waals surface area contributed by atoms with E-state index in [-0.39, 0.29) is 30.7 Å². The number of amides is 1. The van der Waals surface area contributed by atoms with Gasteiger partial charge in [-0.25, -0.2) is 0 Å². The third-order valence-corrected chi connectivity index (χ3v) is 4.53. The van der Waals surface area contributed by atoms with Crippen molar-refractivity contribution >= 4 is 48.0 Å². The Labute approximate surface area is 167 Å². The number of hydrogen-bond acceptors (Lipinski definition) is 4. The van der Waals surface area contributed by atoms with E-state index >= 15 is 0 Å². The Morgan fingerprint density at radius 2 is 1.88 bits per heavy atom. The molecule has 0 bridgehead atoms. The van der Waals surface area contributed by atoms with Crippen LogP contribution in [-0.4, -0.2) is 44.1 Å². The lowest BCUT2D eigenvalue weighted by Crippen LogP contribution is -2.30. The van der Waals surface area contributed by atoms with Gasteiger partial charge >= 0.3 is 0 Å². The first-order valence-corrected chi connectivity index (χ1v) is 8.63. The van der Waals surface area contributed by atoms with Gasteiger partial charge in [0.15, 0.2) is 0 Å².